The van der Waals surface area contributed by atoms with Gasteiger partial charge in [0.15, 0.2) is 0 Å². The van der Waals surface area contributed by atoms with Gasteiger partial charge in [0, 0.05) is 5.39 Å². The third kappa shape index (κ3) is 2.59. The Labute approximate surface area is 162 Å². The number of allylic oxidation sites excluding steroid dienone is 2. The molecule has 1 heterocycles. The summed E-state index contributed by atoms with van der Waals surface area (Å²) in [6.45, 7) is -0.0965. The van der Waals surface area contributed by atoms with Gasteiger partial charge in [-0.05, 0) is 36.1 Å². The number of anilines is 1. The zero-order valence-corrected chi connectivity index (χ0v) is 15.3. The van der Waals surface area contributed by atoms with Gasteiger partial charge in [-0.15, -0.1) is 0 Å². The van der Waals surface area contributed by atoms with Crippen molar-refractivity contribution in [2.45, 2.75) is 12.8 Å². The molecule has 2 fully saturated rings. The molecule has 142 valence electrons. The molecule has 2 aromatic rings. The first kappa shape index (κ1) is 17.0. The first-order valence-electron chi connectivity index (χ1n) is 9.69. The second kappa shape index (κ2) is 6.48. The highest BCUT2D eigenvalue weighted by Crippen LogP contribution is 2.49. The molecule has 2 N–H and O–H groups in total. The van der Waals surface area contributed by atoms with Crippen molar-refractivity contribution in [2.24, 2.45) is 23.7 Å². The van der Waals surface area contributed by atoms with Gasteiger partial charge >= 0.3 is 6.03 Å². The van der Waals surface area contributed by atoms with E-state index in [1.165, 1.54) is 4.90 Å². The van der Waals surface area contributed by atoms with Crippen molar-refractivity contribution in [1.82, 2.24) is 10.2 Å². The summed E-state index contributed by atoms with van der Waals surface area (Å²) in [5.74, 6) is -0.501. The number of benzene rings is 2. The molecule has 4 aliphatic rings. The number of imide groups is 1. The number of amides is 4. The highest BCUT2D eigenvalue weighted by atomic mass is 16.2. The molecule has 0 radical (unpaired) electrons. The molecule has 4 atom stereocenters. The van der Waals surface area contributed by atoms with Gasteiger partial charge in [-0.25, -0.2) is 4.79 Å². The molecule has 0 spiro atoms. The van der Waals surface area contributed by atoms with Crippen LogP contribution >= 0.6 is 0 Å². The zero-order valence-electron chi connectivity index (χ0n) is 15.3. The van der Waals surface area contributed by atoms with E-state index in [0.717, 1.165) is 23.6 Å². The molecular formula is C22H21N3O3. The molecule has 4 amide bonds. The first-order valence-corrected chi connectivity index (χ1v) is 9.69. The second-order valence-corrected chi connectivity index (χ2v) is 7.76. The van der Waals surface area contributed by atoms with E-state index in [4.69, 9.17) is 0 Å². The van der Waals surface area contributed by atoms with Crippen LogP contribution in [0.15, 0.2) is 54.6 Å². The Morgan fingerprint density at radius 3 is 2.25 bits per heavy atom. The largest absolute Gasteiger partial charge is 0.320 e. The molecule has 0 aromatic heterocycles. The van der Waals surface area contributed by atoms with Crippen molar-refractivity contribution in [1.29, 1.82) is 0 Å². The van der Waals surface area contributed by atoms with Gasteiger partial charge in [0.2, 0.25) is 11.8 Å². The molecule has 3 aliphatic carbocycles. The summed E-state index contributed by atoms with van der Waals surface area (Å²) in [4.78, 5) is 39.2. The van der Waals surface area contributed by atoms with E-state index >= 15 is 0 Å². The Balaban J connectivity index is 1.27. The van der Waals surface area contributed by atoms with Gasteiger partial charge in [0.05, 0.1) is 17.5 Å². The fourth-order valence-electron chi connectivity index (χ4n) is 4.94. The number of carbonyl (C=O) groups is 3. The molecule has 0 unspecified atom stereocenters. The maximum absolute atomic E-state index is 12.8. The summed E-state index contributed by atoms with van der Waals surface area (Å²) in [7, 11) is 0. The van der Waals surface area contributed by atoms with Crippen LogP contribution in [-0.2, 0) is 9.59 Å². The molecule has 6 rings (SSSR count). The van der Waals surface area contributed by atoms with Crippen LogP contribution in [0.1, 0.15) is 12.8 Å². The number of fused-ring (bicyclic) bond motifs is 2. The molecule has 6 heteroatoms. The number of carbonyl (C=O) groups excluding carboxylic acids is 3. The predicted molar refractivity (Wildman–Crippen MR) is 105 cm³/mol. The van der Waals surface area contributed by atoms with Gasteiger partial charge in [-0.3, -0.25) is 14.5 Å². The van der Waals surface area contributed by atoms with E-state index in [9.17, 15) is 14.4 Å². The normalized spacial score (nSPS) is 27.9. The highest BCUT2D eigenvalue weighted by Gasteiger charge is 2.56. The van der Waals surface area contributed by atoms with Crippen molar-refractivity contribution in [2.75, 3.05) is 12.0 Å². The Hall–Kier alpha value is -3.15. The van der Waals surface area contributed by atoms with Gasteiger partial charge in [0.25, 0.3) is 0 Å². The van der Waals surface area contributed by atoms with E-state index in [1.807, 2.05) is 42.5 Å². The Morgan fingerprint density at radius 1 is 0.929 bits per heavy atom. The number of likely N-dealkylation sites (tertiary alicyclic amines) is 1. The predicted octanol–water partition coefficient (Wildman–Crippen LogP) is 3.12. The Kier molecular flexibility index (Phi) is 3.93. The lowest BCUT2D eigenvalue weighted by atomic mass is 9.63. The summed E-state index contributed by atoms with van der Waals surface area (Å²) in [6.07, 6.45) is 6.10. The third-order valence-electron chi connectivity index (χ3n) is 6.29. The fourth-order valence-corrected chi connectivity index (χ4v) is 4.94. The number of urea groups is 1. The lowest BCUT2D eigenvalue weighted by Crippen LogP contribution is -2.43. The summed E-state index contributed by atoms with van der Waals surface area (Å²) >= 11 is 0. The van der Waals surface area contributed by atoms with Crippen LogP contribution in [0.4, 0.5) is 10.5 Å². The number of hydrogen-bond acceptors (Lipinski definition) is 3. The number of hydrogen-bond donors (Lipinski definition) is 2. The van der Waals surface area contributed by atoms with Crippen LogP contribution in [0.2, 0.25) is 0 Å². The van der Waals surface area contributed by atoms with Crippen LogP contribution in [0.3, 0.4) is 0 Å². The maximum atomic E-state index is 12.8. The fraction of sp³-hybridized carbons (Fsp3) is 0.318. The highest BCUT2D eigenvalue weighted by molar-refractivity contribution is 6.06. The van der Waals surface area contributed by atoms with Crippen molar-refractivity contribution < 1.29 is 14.4 Å². The Bertz CT molecular complexity index is 978. The minimum absolute atomic E-state index is 0.0965. The zero-order chi connectivity index (χ0) is 19.3. The van der Waals surface area contributed by atoms with Gasteiger partial charge in [-0.2, -0.15) is 0 Å². The van der Waals surface area contributed by atoms with E-state index < -0.39 is 6.03 Å². The molecule has 28 heavy (non-hydrogen) atoms. The smallest absolute Gasteiger partial charge is 0.320 e. The summed E-state index contributed by atoms with van der Waals surface area (Å²) in [5, 5.41) is 7.45. The van der Waals surface area contributed by atoms with Crippen molar-refractivity contribution in [3.05, 3.63) is 54.6 Å². The summed E-state index contributed by atoms with van der Waals surface area (Å²) in [6, 6.07) is 13.0. The van der Waals surface area contributed by atoms with Crippen molar-refractivity contribution >= 4 is 34.3 Å². The minimum Gasteiger partial charge on any atom is -0.320 e. The maximum Gasteiger partial charge on any atom is 0.320 e. The SMILES string of the molecule is O=C(NCN1C(=O)[C@@H]2[C@@H](C1=O)[C@H]1C=C[C@H]2CC1)Nc1cccc2ccccc12. The molecular weight excluding hydrogens is 354 g/mol. The first-order chi connectivity index (χ1) is 13.6. The minimum atomic E-state index is -0.437. The van der Waals surface area contributed by atoms with Crippen LogP contribution in [0.5, 0.6) is 0 Å². The molecule has 2 aromatic carbocycles. The van der Waals surface area contributed by atoms with E-state index in [-0.39, 0.29) is 42.2 Å². The number of nitrogens with zero attached hydrogens (tertiary/aromatic N) is 1. The van der Waals surface area contributed by atoms with Crippen LogP contribution < -0.4 is 10.6 Å². The van der Waals surface area contributed by atoms with Gasteiger partial charge in [0.1, 0.15) is 6.67 Å². The lowest BCUT2D eigenvalue weighted by Gasteiger charge is -2.38. The van der Waals surface area contributed by atoms with E-state index in [1.54, 1.807) is 0 Å². The van der Waals surface area contributed by atoms with Gasteiger partial charge < -0.3 is 10.6 Å². The second-order valence-electron chi connectivity index (χ2n) is 7.76. The van der Waals surface area contributed by atoms with Crippen molar-refractivity contribution in [3.8, 4) is 0 Å². The monoisotopic (exact) mass is 375 g/mol. The Morgan fingerprint density at radius 2 is 1.57 bits per heavy atom. The standard InChI is InChI=1S/C22H21N3O3/c26-20-18-14-8-9-15(11-10-14)19(18)21(27)25(20)12-23-22(28)24-17-7-3-5-13-4-1-2-6-16(13)17/h1-9,14-15,18-19H,10-12H2,(H2,23,24,28)/t14-,15-,18-,19-/m0/s1. The molecule has 1 saturated carbocycles. The number of rotatable bonds is 3. The van der Waals surface area contributed by atoms with Crippen LogP contribution in [0.25, 0.3) is 10.8 Å². The summed E-state index contributed by atoms with van der Waals surface area (Å²) in [5.41, 5.74) is 0.686. The molecule has 1 aliphatic heterocycles. The van der Waals surface area contributed by atoms with E-state index in [0.29, 0.717) is 5.69 Å². The van der Waals surface area contributed by atoms with Crippen molar-refractivity contribution in [3.63, 3.8) is 0 Å². The quantitative estimate of drug-likeness (QED) is 0.639. The topological polar surface area (TPSA) is 78.5 Å². The van der Waals surface area contributed by atoms with E-state index in [2.05, 4.69) is 22.8 Å². The average molecular weight is 375 g/mol. The number of nitrogens with one attached hydrogen (secondary N) is 2. The molecule has 2 bridgehead atoms. The average Bonchev–Trinajstić information content (AvgIpc) is 3.00. The van der Waals surface area contributed by atoms with Gasteiger partial charge in [-0.1, -0.05) is 48.6 Å². The third-order valence-corrected chi connectivity index (χ3v) is 6.29. The molecule has 6 nitrogen and oxygen atoms in total. The summed E-state index contributed by atoms with van der Waals surface area (Å²) < 4.78 is 0. The lowest BCUT2D eigenvalue weighted by molar-refractivity contribution is -0.140. The van der Waals surface area contributed by atoms with Crippen LogP contribution in [-0.4, -0.2) is 29.4 Å². The van der Waals surface area contributed by atoms with Crippen LogP contribution in [0, 0.1) is 23.7 Å². The molecule has 1 saturated heterocycles.